The van der Waals surface area contributed by atoms with Crippen LogP contribution in [0.5, 0.6) is 0 Å². The van der Waals surface area contributed by atoms with Crippen LogP contribution < -0.4 is 10.6 Å². The maximum atomic E-state index is 5.59. The maximum Gasteiger partial charge on any atom is 0.315 e. The first-order valence-electron chi connectivity index (χ1n) is 6.68. The van der Waals surface area contributed by atoms with Crippen LogP contribution in [-0.4, -0.2) is 34.8 Å². The van der Waals surface area contributed by atoms with Gasteiger partial charge in [0.25, 0.3) is 0 Å². The topological polar surface area (TPSA) is 63.0 Å². The third-order valence-electron chi connectivity index (χ3n) is 3.20. The molecule has 1 atom stereocenters. The van der Waals surface area contributed by atoms with Crippen molar-refractivity contribution in [2.24, 2.45) is 5.92 Å². The molecule has 102 valence electrons. The minimum atomic E-state index is 0.115. The molecule has 5 nitrogen and oxygen atoms in total. The molecule has 2 rings (SSSR count). The Hall–Kier alpha value is -0.750. The molecule has 0 radical (unpaired) electrons. The van der Waals surface area contributed by atoms with E-state index in [4.69, 9.17) is 4.42 Å². The number of nitrogens with one attached hydrogen (secondary N) is 2. The lowest BCUT2D eigenvalue weighted by Crippen LogP contribution is -2.19. The lowest BCUT2D eigenvalue weighted by Gasteiger charge is -2.20. The third-order valence-corrected chi connectivity index (χ3v) is 4.25. The van der Waals surface area contributed by atoms with Gasteiger partial charge in [0.2, 0.25) is 5.89 Å². The van der Waals surface area contributed by atoms with E-state index >= 15 is 0 Å². The lowest BCUT2D eigenvalue weighted by atomic mass is 10.0. The summed E-state index contributed by atoms with van der Waals surface area (Å²) in [5.74, 6) is 3.95. The Labute approximate surface area is 112 Å². The van der Waals surface area contributed by atoms with E-state index < -0.39 is 0 Å². The number of thioether (sulfide) groups is 1. The Kier molecular flexibility index (Phi) is 5.31. The van der Waals surface area contributed by atoms with Crippen molar-refractivity contribution in [2.45, 2.75) is 32.7 Å². The van der Waals surface area contributed by atoms with Gasteiger partial charge in [-0.25, -0.2) is 0 Å². The fourth-order valence-electron chi connectivity index (χ4n) is 2.06. The molecule has 1 aromatic heterocycles. The second kappa shape index (κ2) is 6.99. The smallest absolute Gasteiger partial charge is 0.315 e. The summed E-state index contributed by atoms with van der Waals surface area (Å²) in [6.45, 7) is 5.93. The van der Waals surface area contributed by atoms with Crippen LogP contribution in [0.25, 0.3) is 0 Å². The molecule has 0 spiro atoms. The largest absolute Gasteiger partial charge is 0.406 e. The Balaban J connectivity index is 1.79. The van der Waals surface area contributed by atoms with E-state index in [0.717, 1.165) is 19.0 Å². The molecular formula is C12H22N4OS. The summed E-state index contributed by atoms with van der Waals surface area (Å²) in [7, 11) is 0. The van der Waals surface area contributed by atoms with E-state index in [1.165, 1.54) is 24.3 Å². The van der Waals surface area contributed by atoms with Crippen molar-refractivity contribution in [1.29, 1.82) is 0 Å². The molecule has 0 aromatic carbocycles. The van der Waals surface area contributed by atoms with Gasteiger partial charge in [-0.15, -0.1) is 5.10 Å². The van der Waals surface area contributed by atoms with Crippen LogP contribution in [0.3, 0.4) is 0 Å². The number of rotatable bonds is 6. The van der Waals surface area contributed by atoms with Crippen molar-refractivity contribution < 1.29 is 4.42 Å². The van der Waals surface area contributed by atoms with Gasteiger partial charge in [-0.2, -0.15) is 11.8 Å². The fourth-order valence-corrected chi connectivity index (χ4v) is 3.26. The van der Waals surface area contributed by atoms with Crippen molar-refractivity contribution in [3.63, 3.8) is 0 Å². The molecule has 2 N–H and O–H groups in total. The summed E-state index contributed by atoms with van der Waals surface area (Å²) < 4.78 is 5.59. The molecule has 1 saturated heterocycles. The molecule has 1 fully saturated rings. The van der Waals surface area contributed by atoms with Gasteiger partial charge in [-0.3, -0.25) is 0 Å². The van der Waals surface area contributed by atoms with E-state index in [2.05, 4.69) is 27.8 Å². The Morgan fingerprint density at radius 3 is 2.89 bits per heavy atom. The van der Waals surface area contributed by atoms with Crippen LogP contribution in [-0.2, 0) is 0 Å². The Bertz CT molecular complexity index is 352. The van der Waals surface area contributed by atoms with Gasteiger partial charge >= 0.3 is 6.01 Å². The average Bonchev–Trinajstić information content (AvgIpc) is 2.87. The lowest BCUT2D eigenvalue weighted by molar-refractivity contribution is 0.424. The standard InChI is InChI=1S/C12H22N4OS/c1-3-13-9(2)11-15-16-12(17-11)14-8-10-4-6-18-7-5-10/h9-10,13H,3-8H2,1-2H3,(H,14,16). The number of nitrogens with zero attached hydrogens (tertiary/aromatic N) is 2. The molecule has 0 bridgehead atoms. The number of aromatic nitrogens is 2. The molecule has 2 heterocycles. The summed E-state index contributed by atoms with van der Waals surface area (Å²) in [5.41, 5.74) is 0. The maximum absolute atomic E-state index is 5.59. The van der Waals surface area contributed by atoms with Crippen LogP contribution in [0.2, 0.25) is 0 Å². The highest BCUT2D eigenvalue weighted by Crippen LogP contribution is 2.23. The zero-order valence-corrected chi connectivity index (χ0v) is 11.9. The minimum Gasteiger partial charge on any atom is -0.406 e. The normalized spacial score (nSPS) is 18.8. The van der Waals surface area contributed by atoms with Gasteiger partial charge in [0.05, 0.1) is 6.04 Å². The highest BCUT2D eigenvalue weighted by molar-refractivity contribution is 7.99. The molecule has 0 amide bonds. The summed E-state index contributed by atoms with van der Waals surface area (Å²) >= 11 is 2.05. The number of hydrogen-bond acceptors (Lipinski definition) is 6. The highest BCUT2D eigenvalue weighted by atomic mass is 32.2. The van der Waals surface area contributed by atoms with E-state index in [1.54, 1.807) is 0 Å². The average molecular weight is 270 g/mol. The second-order valence-electron chi connectivity index (χ2n) is 4.66. The van der Waals surface area contributed by atoms with Crippen molar-refractivity contribution in [2.75, 3.05) is 29.9 Å². The summed E-state index contributed by atoms with van der Waals surface area (Å²) in [4.78, 5) is 0. The van der Waals surface area contributed by atoms with Crippen LogP contribution in [0.1, 0.15) is 38.6 Å². The zero-order valence-electron chi connectivity index (χ0n) is 11.1. The van der Waals surface area contributed by atoms with Gasteiger partial charge < -0.3 is 15.1 Å². The van der Waals surface area contributed by atoms with Crippen molar-refractivity contribution in [3.05, 3.63) is 5.89 Å². The minimum absolute atomic E-state index is 0.115. The molecule has 0 aliphatic carbocycles. The predicted octanol–water partition coefficient (Wildman–Crippen LogP) is 2.30. The molecule has 1 unspecified atom stereocenters. The second-order valence-corrected chi connectivity index (χ2v) is 5.89. The van der Waals surface area contributed by atoms with Gasteiger partial charge in [0.15, 0.2) is 0 Å². The molecule has 6 heteroatoms. The van der Waals surface area contributed by atoms with Crippen molar-refractivity contribution >= 4 is 17.8 Å². The highest BCUT2D eigenvalue weighted by Gasteiger charge is 2.16. The van der Waals surface area contributed by atoms with Crippen molar-refractivity contribution in [3.8, 4) is 0 Å². The Morgan fingerprint density at radius 2 is 2.17 bits per heavy atom. The quantitative estimate of drug-likeness (QED) is 0.827. The first-order valence-corrected chi connectivity index (χ1v) is 7.83. The van der Waals surface area contributed by atoms with Gasteiger partial charge in [-0.05, 0) is 43.7 Å². The fraction of sp³-hybridized carbons (Fsp3) is 0.833. The van der Waals surface area contributed by atoms with Crippen molar-refractivity contribution in [1.82, 2.24) is 15.5 Å². The van der Waals surface area contributed by atoms with E-state index in [1.807, 2.05) is 18.7 Å². The molecule has 1 aliphatic heterocycles. The monoisotopic (exact) mass is 270 g/mol. The van der Waals surface area contributed by atoms with Gasteiger partial charge in [0, 0.05) is 6.54 Å². The summed E-state index contributed by atoms with van der Waals surface area (Å²) in [6, 6.07) is 0.664. The molecule has 18 heavy (non-hydrogen) atoms. The molecular weight excluding hydrogens is 248 g/mol. The van der Waals surface area contributed by atoms with E-state index in [-0.39, 0.29) is 6.04 Å². The van der Waals surface area contributed by atoms with Gasteiger partial charge in [0.1, 0.15) is 0 Å². The van der Waals surface area contributed by atoms with Gasteiger partial charge in [-0.1, -0.05) is 12.0 Å². The summed E-state index contributed by atoms with van der Waals surface area (Å²) in [5, 5.41) is 14.6. The summed E-state index contributed by atoms with van der Waals surface area (Å²) in [6.07, 6.45) is 2.57. The molecule has 1 aromatic rings. The van der Waals surface area contributed by atoms with Crippen LogP contribution >= 0.6 is 11.8 Å². The zero-order chi connectivity index (χ0) is 12.8. The Morgan fingerprint density at radius 1 is 1.39 bits per heavy atom. The van der Waals surface area contributed by atoms with E-state index in [0.29, 0.717) is 11.9 Å². The first kappa shape index (κ1) is 13.7. The predicted molar refractivity (Wildman–Crippen MR) is 74.9 cm³/mol. The first-order chi connectivity index (χ1) is 8.79. The number of anilines is 1. The van der Waals surface area contributed by atoms with Crippen LogP contribution in [0.15, 0.2) is 4.42 Å². The molecule has 0 saturated carbocycles. The van der Waals surface area contributed by atoms with Crippen LogP contribution in [0, 0.1) is 5.92 Å². The van der Waals surface area contributed by atoms with Crippen LogP contribution in [0.4, 0.5) is 6.01 Å². The van der Waals surface area contributed by atoms with E-state index in [9.17, 15) is 0 Å². The third kappa shape index (κ3) is 3.88. The SMILES string of the molecule is CCNC(C)c1nnc(NCC2CCSCC2)o1. The molecule has 1 aliphatic rings. The number of hydrogen-bond donors (Lipinski definition) is 2.